The molecule has 32 heavy (non-hydrogen) atoms. The SMILES string of the molecule is CCCCCc1nn(CCC)c(=O)n1Cc1ccc(-c2ccccc2-c2nnn[nH]2)cc1. The summed E-state index contributed by atoms with van der Waals surface area (Å²) in [5, 5.41) is 18.9. The van der Waals surface area contributed by atoms with Gasteiger partial charge in [-0.3, -0.25) is 4.57 Å². The van der Waals surface area contributed by atoms with Gasteiger partial charge >= 0.3 is 5.69 Å². The lowest BCUT2D eigenvalue weighted by Crippen LogP contribution is -2.26. The number of nitrogens with one attached hydrogen (secondary N) is 1. The van der Waals surface area contributed by atoms with Crippen molar-refractivity contribution < 1.29 is 0 Å². The fourth-order valence-corrected chi connectivity index (χ4v) is 3.91. The second-order valence-corrected chi connectivity index (χ2v) is 7.96. The lowest BCUT2D eigenvalue weighted by atomic mass is 9.98. The molecule has 0 aliphatic carbocycles. The first kappa shape index (κ1) is 21.7. The highest BCUT2D eigenvalue weighted by Gasteiger charge is 2.14. The van der Waals surface area contributed by atoms with Crippen molar-refractivity contribution in [3.63, 3.8) is 0 Å². The molecule has 0 spiro atoms. The zero-order valence-corrected chi connectivity index (χ0v) is 18.7. The van der Waals surface area contributed by atoms with Crippen LogP contribution in [0.2, 0.25) is 0 Å². The van der Waals surface area contributed by atoms with E-state index in [1.165, 1.54) is 0 Å². The molecule has 1 N–H and O–H groups in total. The summed E-state index contributed by atoms with van der Waals surface area (Å²) in [5.74, 6) is 1.51. The van der Waals surface area contributed by atoms with E-state index in [0.717, 1.165) is 60.2 Å². The number of hydrogen-bond donors (Lipinski definition) is 1. The number of unbranched alkanes of at least 4 members (excludes halogenated alkanes) is 2. The Kier molecular flexibility index (Phi) is 6.89. The largest absolute Gasteiger partial charge is 0.346 e. The summed E-state index contributed by atoms with van der Waals surface area (Å²) in [6, 6.07) is 16.3. The van der Waals surface area contributed by atoms with E-state index in [4.69, 9.17) is 0 Å². The Morgan fingerprint density at radius 2 is 1.72 bits per heavy atom. The van der Waals surface area contributed by atoms with Gasteiger partial charge < -0.3 is 0 Å². The molecule has 0 radical (unpaired) electrons. The molecule has 0 saturated heterocycles. The van der Waals surface area contributed by atoms with Gasteiger partial charge in [-0.25, -0.2) is 14.6 Å². The molecule has 0 fully saturated rings. The standard InChI is InChI=1S/C24H29N7O/c1-3-5-6-11-22-27-31(16-4-2)24(32)30(22)17-18-12-14-19(15-13-18)20-9-7-8-10-21(20)23-25-28-29-26-23/h7-10,12-15H,3-6,11,16-17H2,1-2H3,(H,25,26,28,29). The van der Waals surface area contributed by atoms with Crippen LogP contribution < -0.4 is 5.69 Å². The average molecular weight is 432 g/mol. The number of benzene rings is 2. The number of aryl methyl sites for hydroxylation is 2. The van der Waals surface area contributed by atoms with Gasteiger partial charge in [-0.1, -0.05) is 75.2 Å². The van der Waals surface area contributed by atoms with Crippen molar-refractivity contribution in [2.24, 2.45) is 0 Å². The van der Waals surface area contributed by atoms with Gasteiger partial charge in [0.25, 0.3) is 0 Å². The molecule has 0 saturated carbocycles. The molecule has 0 unspecified atom stereocenters. The van der Waals surface area contributed by atoms with Gasteiger partial charge in [0, 0.05) is 18.5 Å². The van der Waals surface area contributed by atoms with E-state index in [1.807, 2.05) is 22.8 Å². The average Bonchev–Trinajstić information content (AvgIpc) is 3.45. The first-order valence-electron chi connectivity index (χ1n) is 11.3. The van der Waals surface area contributed by atoms with Gasteiger partial charge in [-0.05, 0) is 40.0 Å². The van der Waals surface area contributed by atoms with E-state index in [2.05, 4.69) is 69.9 Å². The van der Waals surface area contributed by atoms with Crippen molar-refractivity contribution in [3.8, 4) is 22.5 Å². The molecule has 0 aliphatic rings. The second kappa shape index (κ2) is 10.2. The molecule has 166 valence electrons. The Bertz CT molecular complexity index is 1190. The number of H-pyrrole nitrogens is 1. The number of tetrazole rings is 1. The van der Waals surface area contributed by atoms with Crippen LogP contribution in [-0.4, -0.2) is 35.0 Å². The third kappa shape index (κ3) is 4.69. The molecule has 0 amide bonds. The van der Waals surface area contributed by atoms with Gasteiger partial charge in [-0.2, -0.15) is 5.10 Å². The summed E-state index contributed by atoms with van der Waals surface area (Å²) in [6.45, 7) is 5.42. The monoisotopic (exact) mass is 431 g/mol. The molecular formula is C24H29N7O. The quantitative estimate of drug-likeness (QED) is 0.382. The Morgan fingerprint density at radius 1 is 0.938 bits per heavy atom. The summed E-state index contributed by atoms with van der Waals surface area (Å²) < 4.78 is 3.44. The van der Waals surface area contributed by atoms with Gasteiger partial charge in [0.1, 0.15) is 5.82 Å². The molecule has 8 heteroatoms. The highest BCUT2D eigenvalue weighted by molar-refractivity contribution is 5.80. The summed E-state index contributed by atoms with van der Waals surface area (Å²) in [7, 11) is 0. The molecule has 4 aromatic rings. The third-order valence-corrected chi connectivity index (χ3v) is 5.57. The van der Waals surface area contributed by atoms with E-state index in [9.17, 15) is 4.79 Å². The van der Waals surface area contributed by atoms with Gasteiger partial charge in [0.15, 0.2) is 5.82 Å². The van der Waals surface area contributed by atoms with Crippen LogP contribution in [-0.2, 0) is 19.5 Å². The highest BCUT2D eigenvalue weighted by Crippen LogP contribution is 2.29. The zero-order chi connectivity index (χ0) is 22.3. The van der Waals surface area contributed by atoms with Crippen molar-refractivity contribution in [2.75, 3.05) is 0 Å². The van der Waals surface area contributed by atoms with Crippen molar-refractivity contribution in [2.45, 2.75) is 59.0 Å². The molecule has 0 atom stereocenters. The van der Waals surface area contributed by atoms with Crippen LogP contribution >= 0.6 is 0 Å². The molecule has 2 aromatic carbocycles. The van der Waals surface area contributed by atoms with Gasteiger partial charge in [0.05, 0.1) is 6.54 Å². The first-order valence-corrected chi connectivity index (χ1v) is 11.3. The van der Waals surface area contributed by atoms with Crippen molar-refractivity contribution in [1.29, 1.82) is 0 Å². The minimum absolute atomic E-state index is 0.0226. The first-order chi connectivity index (χ1) is 15.7. The zero-order valence-electron chi connectivity index (χ0n) is 18.7. The van der Waals surface area contributed by atoms with Gasteiger partial charge in [-0.15, -0.1) is 5.10 Å². The Labute approximate surface area is 187 Å². The highest BCUT2D eigenvalue weighted by atomic mass is 16.2. The minimum Gasteiger partial charge on any atom is -0.274 e. The molecule has 2 heterocycles. The van der Waals surface area contributed by atoms with E-state index < -0.39 is 0 Å². The Balaban J connectivity index is 1.59. The molecule has 4 rings (SSSR count). The number of aromatic nitrogens is 7. The smallest absolute Gasteiger partial charge is 0.274 e. The molecular weight excluding hydrogens is 402 g/mol. The number of rotatable bonds is 10. The van der Waals surface area contributed by atoms with Crippen LogP contribution in [0, 0.1) is 0 Å². The van der Waals surface area contributed by atoms with E-state index in [-0.39, 0.29) is 5.69 Å². The van der Waals surface area contributed by atoms with Crippen molar-refractivity contribution in [1.82, 2.24) is 35.0 Å². The number of hydrogen-bond acceptors (Lipinski definition) is 5. The van der Waals surface area contributed by atoms with E-state index in [0.29, 0.717) is 18.9 Å². The molecule has 8 nitrogen and oxygen atoms in total. The summed E-state index contributed by atoms with van der Waals surface area (Å²) in [5.41, 5.74) is 4.11. The normalized spacial score (nSPS) is 11.2. The maximum absolute atomic E-state index is 12.9. The Hall–Kier alpha value is -3.55. The summed E-state index contributed by atoms with van der Waals surface area (Å²) in [4.78, 5) is 12.9. The number of aromatic amines is 1. The Morgan fingerprint density at radius 3 is 2.41 bits per heavy atom. The summed E-state index contributed by atoms with van der Waals surface area (Å²) in [6.07, 6.45) is 5.05. The van der Waals surface area contributed by atoms with Crippen molar-refractivity contribution >= 4 is 0 Å². The van der Waals surface area contributed by atoms with E-state index >= 15 is 0 Å². The van der Waals surface area contributed by atoms with Gasteiger partial charge in [0.2, 0.25) is 0 Å². The summed E-state index contributed by atoms with van der Waals surface area (Å²) >= 11 is 0. The second-order valence-electron chi connectivity index (χ2n) is 7.96. The third-order valence-electron chi connectivity index (χ3n) is 5.57. The fraction of sp³-hybridized carbons (Fsp3) is 0.375. The van der Waals surface area contributed by atoms with Crippen LogP contribution in [0.15, 0.2) is 53.3 Å². The fourth-order valence-electron chi connectivity index (χ4n) is 3.91. The van der Waals surface area contributed by atoms with Crippen LogP contribution in [0.4, 0.5) is 0 Å². The molecule has 2 aromatic heterocycles. The minimum atomic E-state index is -0.0226. The molecule has 0 bridgehead atoms. The van der Waals surface area contributed by atoms with E-state index in [1.54, 1.807) is 4.68 Å². The molecule has 0 aliphatic heterocycles. The van der Waals surface area contributed by atoms with Crippen LogP contribution in [0.3, 0.4) is 0 Å². The lowest BCUT2D eigenvalue weighted by molar-refractivity contribution is 0.568. The predicted molar refractivity (Wildman–Crippen MR) is 124 cm³/mol. The predicted octanol–water partition coefficient (Wildman–Crippen LogP) is 4.08. The van der Waals surface area contributed by atoms with Crippen LogP contribution in [0.25, 0.3) is 22.5 Å². The van der Waals surface area contributed by atoms with Crippen LogP contribution in [0.5, 0.6) is 0 Å². The lowest BCUT2D eigenvalue weighted by Gasteiger charge is -2.09. The van der Waals surface area contributed by atoms with Crippen molar-refractivity contribution in [3.05, 3.63) is 70.4 Å². The topological polar surface area (TPSA) is 94.3 Å². The van der Waals surface area contributed by atoms with Crippen LogP contribution in [0.1, 0.15) is 50.9 Å². The maximum Gasteiger partial charge on any atom is 0.346 e. The number of nitrogens with zero attached hydrogens (tertiary/aromatic N) is 6. The maximum atomic E-state index is 12.9.